The molecule has 2 rings (SSSR count). The van der Waals surface area contributed by atoms with Crippen molar-refractivity contribution in [3.63, 3.8) is 0 Å². The Balaban J connectivity index is 2.01. The third-order valence-electron chi connectivity index (χ3n) is 2.35. The van der Waals surface area contributed by atoms with Gasteiger partial charge in [0.05, 0.1) is 11.8 Å². The van der Waals surface area contributed by atoms with Crippen molar-refractivity contribution in [1.29, 1.82) is 0 Å². The van der Waals surface area contributed by atoms with E-state index in [0.717, 1.165) is 0 Å². The highest BCUT2D eigenvalue weighted by Gasteiger charge is 2.31. The van der Waals surface area contributed by atoms with Crippen molar-refractivity contribution in [2.45, 2.75) is 0 Å². The summed E-state index contributed by atoms with van der Waals surface area (Å²) in [6, 6.07) is 1.64. The van der Waals surface area contributed by atoms with Crippen LogP contribution in [0.15, 0.2) is 21.4 Å². The number of halogens is 1. The Morgan fingerprint density at radius 2 is 2.43 bits per heavy atom. The molecule has 5 heteroatoms. The molecule has 1 N–H and O–H groups in total. The van der Waals surface area contributed by atoms with Crippen LogP contribution in [0.4, 0.5) is 0 Å². The fourth-order valence-corrected chi connectivity index (χ4v) is 1.88. The second-order valence-electron chi connectivity index (χ2n) is 3.37. The summed E-state index contributed by atoms with van der Waals surface area (Å²) in [6.07, 6.45) is 1.47. The monoisotopic (exact) mass is 259 g/mol. The van der Waals surface area contributed by atoms with Gasteiger partial charge in [0.1, 0.15) is 0 Å². The zero-order chi connectivity index (χ0) is 10.1. The summed E-state index contributed by atoms with van der Waals surface area (Å²) < 4.78 is 5.44. The minimum Gasteiger partial charge on any atom is -0.457 e. The first kappa shape index (κ1) is 9.73. The first-order valence-corrected chi connectivity index (χ1v) is 5.14. The molecule has 1 saturated heterocycles. The largest absolute Gasteiger partial charge is 0.457 e. The molecule has 1 aliphatic rings. The highest BCUT2D eigenvalue weighted by Crippen LogP contribution is 2.23. The Morgan fingerprint density at radius 1 is 1.71 bits per heavy atom. The molecule has 1 aromatic heterocycles. The molecule has 0 spiro atoms. The SMILES string of the molecule is O=C(c1ccoc1Br)N1CC(CO)C1. The molecular formula is C9H10BrNO3. The predicted octanol–water partition coefficient (Wildman–Crippen LogP) is 1.11. The van der Waals surface area contributed by atoms with Gasteiger partial charge in [-0.25, -0.2) is 0 Å². The van der Waals surface area contributed by atoms with E-state index in [2.05, 4.69) is 15.9 Å². The summed E-state index contributed by atoms with van der Waals surface area (Å²) in [7, 11) is 0. The van der Waals surface area contributed by atoms with Gasteiger partial charge in [0.15, 0.2) is 4.67 Å². The standard InChI is InChI=1S/C9H10BrNO3/c10-8-7(1-2-14-8)9(13)11-3-6(4-11)5-12/h1-2,6,12H,3-5H2. The topological polar surface area (TPSA) is 53.7 Å². The normalized spacial score (nSPS) is 16.9. The van der Waals surface area contributed by atoms with Gasteiger partial charge in [0.25, 0.3) is 5.91 Å². The van der Waals surface area contributed by atoms with E-state index in [9.17, 15) is 4.79 Å². The van der Waals surface area contributed by atoms with Crippen molar-refractivity contribution in [2.75, 3.05) is 19.7 Å². The lowest BCUT2D eigenvalue weighted by molar-refractivity contribution is 0.0360. The number of aliphatic hydroxyl groups is 1. The van der Waals surface area contributed by atoms with Crippen molar-refractivity contribution < 1.29 is 14.3 Å². The molecule has 1 amide bonds. The number of likely N-dealkylation sites (tertiary alicyclic amines) is 1. The molecule has 0 radical (unpaired) electrons. The Morgan fingerprint density at radius 3 is 2.93 bits per heavy atom. The van der Waals surface area contributed by atoms with Crippen molar-refractivity contribution >= 4 is 21.8 Å². The van der Waals surface area contributed by atoms with Crippen molar-refractivity contribution in [3.05, 3.63) is 22.6 Å². The van der Waals surface area contributed by atoms with Gasteiger partial charge in [0, 0.05) is 25.6 Å². The summed E-state index contributed by atoms with van der Waals surface area (Å²) >= 11 is 3.16. The maximum Gasteiger partial charge on any atom is 0.258 e. The molecule has 0 aromatic carbocycles. The van der Waals surface area contributed by atoms with Gasteiger partial charge < -0.3 is 14.4 Å². The van der Waals surface area contributed by atoms with E-state index in [-0.39, 0.29) is 18.4 Å². The van der Waals surface area contributed by atoms with Crippen LogP contribution in [0.5, 0.6) is 0 Å². The molecule has 1 aromatic rings. The van der Waals surface area contributed by atoms with Crippen LogP contribution in [0.2, 0.25) is 0 Å². The smallest absolute Gasteiger partial charge is 0.258 e. The minimum atomic E-state index is -0.0460. The highest BCUT2D eigenvalue weighted by molar-refractivity contribution is 9.10. The number of hydrogen-bond acceptors (Lipinski definition) is 3. The third-order valence-corrected chi connectivity index (χ3v) is 2.97. The first-order chi connectivity index (χ1) is 6.72. The molecule has 1 fully saturated rings. The summed E-state index contributed by atoms with van der Waals surface area (Å²) in [6.45, 7) is 1.41. The van der Waals surface area contributed by atoms with Crippen LogP contribution in [0, 0.1) is 5.92 Å². The van der Waals surface area contributed by atoms with Crippen molar-refractivity contribution in [1.82, 2.24) is 4.90 Å². The summed E-state index contributed by atoms with van der Waals surface area (Å²) in [5.41, 5.74) is 0.543. The molecule has 14 heavy (non-hydrogen) atoms. The molecule has 0 saturated carbocycles. The maximum atomic E-state index is 11.7. The lowest BCUT2D eigenvalue weighted by Gasteiger charge is -2.38. The van der Waals surface area contributed by atoms with Gasteiger partial charge in [-0.1, -0.05) is 0 Å². The van der Waals surface area contributed by atoms with E-state index < -0.39 is 0 Å². The van der Waals surface area contributed by atoms with E-state index in [1.165, 1.54) is 6.26 Å². The summed E-state index contributed by atoms with van der Waals surface area (Å²) in [5.74, 6) is 0.194. The number of aliphatic hydroxyl groups excluding tert-OH is 1. The van der Waals surface area contributed by atoms with Crippen LogP contribution < -0.4 is 0 Å². The Kier molecular flexibility index (Phi) is 2.60. The van der Waals surface area contributed by atoms with E-state index in [0.29, 0.717) is 23.3 Å². The molecule has 1 aliphatic heterocycles. The average Bonchev–Trinajstić information content (AvgIpc) is 2.49. The van der Waals surface area contributed by atoms with Gasteiger partial charge in [-0.05, 0) is 22.0 Å². The van der Waals surface area contributed by atoms with Gasteiger partial charge in [-0.15, -0.1) is 0 Å². The lowest BCUT2D eigenvalue weighted by atomic mass is 10.0. The van der Waals surface area contributed by atoms with Crippen LogP contribution in [-0.4, -0.2) is 35.6 Å². The van der Waals surface area contributed by atoms with E-state index in [1.54, 1.807) is 11.0 Å². The average molecular weight is 260 g/mol. The molecule has 2 heterocycles. The number of nitrogens with zero attached hydrogens (tertiary/aromatic N) is 1. The van der Waals surface area contributed by atoms with Crippen LogP contribution in [0.1, 0.15) is 10.4 Å². The predicted molar refractivity (Wildman–Crippen MR) is 52.9 cm³/mol. The number of hydrogen-bond donors (Lipinski definition) is 1. The quantitative estimate of drug-likeness (QED) is 0.866. The van der Waals surface area contributed by atoms with E-state index >= 15 is 0 Å². The minimum absolute atomic E-state index is 0.0460. The Hall–Kier alpha value is -0.810. The van der Waals surface area contributed by atoms with E-state index in [1.807, 2.05) is 0 Å². The van der Waals surface area contributed by atoms with Crippen LogP contribution in [-0.2, 0) is 0 Å². The van der Waals surface area contributed by atoms with Gasteiger partial charge in [-0.3, -0.25) is 4.79 Å². The molecule has 0 unspecified atom stereocenters. The molecule has 76 valence electrons. The second kappa shape index (κ2) is 3.74. The fourth-order valence-electron chi connectivity index (χ4n) is 1.47. The van der Waals surface area contributed by atoms with Crippen LogP contribution in [0.3, 0.4) is 0 Å². The number of furan rings is 1. The molecule has 0 bridgehead atoms. The van der Waals surface area contributed by atoms with Crippen molar-refractivity contribution in [3.8, 4) is 0 Å². The Bertz CT molecular complexity index is 344. The number of carbonyl (C=O) groups excluding carboxylic acids is 1. The lowest BCUT2D eigenvalue weighted by Crippen LogP contribution is -2.51. The summed E-state index contributed by atoms with van der Waals surface area (Å²) in [5, 5.41) is 8.80. The van der Waals surface area contributed by atoms with Crippen LogP contribution >= 0.6 is 15.9 Å². The number of amides is 1. The molecular weight excluding hydrogens is 250 g/mol. The van der Waals surface area contributed by atoms with Gasteiger partial charge >= 0.3 is 0 Å². The second-order valence-corrected chi connectivity index (χ2v) is 4.09. The highest BCUT2D eigenvalue weighted by atomic mass is 79.9. The zero-order valence-corrected chi connectivity index (χ0v) is 9.03. The third kappa shape index (κ3) is 1.57. The van der Waals surface area contributed by atoms with E-state index in [4.69, 9.17) is 9.52 Å². The number of carbonyl (C=O) groups is 1. The van der Waals surface area contributed by atoms with Crippen molar-refractivity contribution in [2.24, 2.45) is 5.92 Å². The fraction of sp³-hybridized carbons (Fsp3) is 0.444. The van der Waals surface area contributed by atoms with Gasteiger partial charge in [0.2, 0.25) is 0 Å². The molecule has 4 nitrogen and oxygen atoms in total. The molecule has 0 aliphatic carbocycles. The summed E-state index contributed by atoms with van der Waals surface area (Å²) in [4.78, 5) is 13.4. The maximum absolute atomic E-state index is 11.7. The number of rotatable bonds is 2. The van der Waals surface area contributed by atoms with Gasteiger partial charge in [-0.2, -0.15) is 0 Å². The molecule has 0 atom stereocenters. The zero-order valence-electron chi connectivity index (χ0n) is 7.44. The first-order valence-electron chi connectivity index (χ1n) is 4.35. The van der Waals surface area contributed by atoms with Crippen LogP contribution in [0.25, 0.3) is 0 Å². The Labute approximate surface area is 89.6 Å².